The first-order chi connectivity index (χ1) is 21.7. The number of piperidine rings is 1. The van der Waals surface area contributed by atoms with Crippen LogP contribution in [0.15, 0.2) is 6.07 Å². The van der Waals surface area contributed by atoms with Crippen molar-refractivity contribution in [2.75, 3.05) is 71.1 Å². The van der Waals surface area contributed by atoms with Gasteiger partial charge in [-0.3, -0.25) is 33.7 Å². The highest BCUT2D eigenvalue weighted by atomic mass is 16.3. The first-order valence-corrected chi connectivity index (χ1v) is 15.8. The molecule has 5 rings (SSSR count). The maximum atomic E-state index is 14.2. The minimum atomic E-state index is -2.80. The number of nitrogens with one attached hydrogen (secondary N) is 2. The molecule has 250 valence electrons. The molecular weight excluding hydrogens is 596 g/mol. The summed E-state index contributed by atoms with van der Waals surface area (Å²) in [6, 6.07) is 0.400. The molecule has 4 aliphatic rings. The number of primary amides is 1. The Bertz CT molecular complexity index is 1470. The van der Waals surface area contributed by atoms with E-state index >= 15 is 0 Å². The number of likely N-dealkylation sites (tertiary alicyclic amines) is 1. The molecule has 0 bridgehead atoms. The molecule has 4 unspecified atom stereocenters. The Morgan fingerprint density at radius 1 is 1.07 bits per heavy atom. The van der Waals surface area contributed by atoms with Gasteiger partial charge in [0.15, 0.2) is 34.7 Å². The fourth-order valence-corrected chi connectivity index (χ4v) is 7.96. The number of nitrogens with zero attached hydrogens (tertiary/aromatic N) is 3. The second-order valence-corrected chi connectivity index (χ2v) is 13.5. The first-order valence-electron chi connectivity index (χ1n) is 15.8. The van der Waals surface area contributed by atoms with Gasteiger partial charge in [-0.1, -0.05) is 6.42 Å². The van der Waals surface area contributed by atoms with Crippen LogP contribution in [0.25, 0.3) is 0 Å². The van der Waals surface area contributed by atoms with Gasteiger partial charge in [0.2, 0.25) is 11.8 Å². The highest BCUT2D eigenvalue weighted by Crippen LogP contribution is 2.52. The third-order valence-electron chi connectivity index (χ3n) is 10.1. The van der Waals surface area contributed by atoms with Crippen molar-refractivity contribution in [3.05, 3.63) is 17.2 Å². The Kier molecular flexibility index (Phi) is 9.37. The number of carbonyl (C=O) groups excluding carboxylic acids is 6. The summed E-state index contributed by atoms with van der Waals surface area (Å²) >= 11 is 0. The van der Waals surface area contributed by atoms with Crippen LogP contribution in [0.5, 0.6) is 5.75 Å². The van der Waals surface area contributed by atoms with Crippen molar-refractivity contribution < 1.29 is 39.0 Å². The van der Waals surface area contributed by atoms with E-state index in [-0.39, 0.29) is 30.6 Å². The molecule has 2 saturated carbocycles. The highest BCUT2D eigenvalue weighted by molar-refractivity contribution is 6.32. The van der Waals surface area contributed by atoms with Gasteiger partial charge in [-0.25, -0.2) is 0 Å². The molecule has 0 aromatic heterocycles. The van der Waals surface area contributed by atoms with Gasteiger partial charge in [-0.05, 0) is 70.4 Å². The van der Waals surface area contributed by atoms with Gasteiger partial charge in [-0.15, -0.1) is 0 Å². The van der Waals surface area contributed by atoms with Crippen molar-refractivity contribution in [3.63, 3.8) is 0 Å². The van der Waals surface area contributed by atoms with Crippen molar-refractivity contribution in [3.8, 4) is 5.75 Å². The Morgan fingerprint density at radius 3 is 2.35 bits per heavy atom. The van der Waals surface area contributed by atoms with Crippen LogP contribution in [0.1, 0.15) is 41.6 Å². The average molecular weight is 641 g/mol. The lowest BCUT2D eigenvalue weighted by molar-refractivity contribution is -0.181. The predicted octanol–water partition coefficient (Wildman–Crippen LogP) is -1.05. The molecule has 1 saturated heterocycles. The summed E-state index contributed by atoms with van der Waals surface area (Å²) in [6.45, 7) is 3.47. The molecular formula is C32H44N6O8. The van der Waals surface area contributed by atoms with Crippen LogP contribution in [0.3, 0.4) is 0 Å². The molecule has 1 aromatic carbocycles. The number of aromatic hydroxyl groups is 1. The minimum Gasteiger partial charge on any atom is -0.505 e. The number of phenols is 1. The van der Waals surface area contributed by atoms with Crippen LogP contribution in [0.4, 0.5) is 11.4 Å². The highest BCUT2D eigenvalue weighted by Gasteiger charge is 2.69. The summed E-state index contributed by atoms with van der Waals surface area (Å²) in [5.74, 6) is -11.7. The number of ketones is 4. The number of anilines is 2. The van der Waals surface area contributed by atoms with Crippen LogP contribution >= 0.6 is 0 Å². The molecule has 6 atom stereocenters. The maximum absolute atomic E-state index is 14.2. The Hall–Kier alpha value is -3.72. The molecule has 2 amide bonds. The number of hydrogen-bond donors (Lipinski definition) is 5. The lowest BCUT2D eigenvalue weighted by Gasteiger charge is -2.52. The summed E-state index contributed by atoms with van der Waals surface area (Å²) in [4.78, 5) is 85.6. The zero-order valence-electron chi connectivity index (χ0n) is 26.8. The van der Waals surface area contributed by atoms with Crippen LogP contribution in [-0.4, -0.2) is 128 Å². The Labute approximate surface area is 267 Å². The molecule has 0 radical (unpaired) electrons. The Balaban J connectivity index is 1.44. The molecule has 1 heterocycles. The lowest BCUT2D eigenvalue weighted by Crippen LogP contribution is -2.74. The zero-order chi connectivity index (χ0) is 33.7. The number of benzene rings is 1. The molecule has 1 aliphatic heterocycles. The SMILES string of the molecule is CN(C)c1cc(NC(=O)CNCCN2CCCCC2)c(O)c2c1CC1CC3[C@H](N(C)C)C(=O)C(C(N)=O)C(=O)[C@@]3(O)C(=O)C1C2=O. The minimum absolute atomic E-state index is 0.0160. The molecule has 1 aromatic rings. The predicted molar refractivity (Wildman–Crippen MR) is 167 cm³/mol. The quantitative estimate of drug-likeness (QED) is 0.125. The second-order valence-electron chi connectivity index (χ2n) is 13.5. The average Bonchev–Trinajstić information content (AvgIpc) is 2.98. The van der Waals surface area contributed by atoms with Crippen LogP contribution < -0.4 is 21.3 Å². The zero-order valence-corrected chi connectivity index (χ0v) is 26.8. The molecule has 0 spiro atoms. The smallest absolute Gasteiger partial charge is 0.238 e. The van der Waals surface area contributed by atoms with E-state index in [0.29, 0.717) is 17.8 Å². The summed E-state index contributed by atoms with van der Waals surface area (Å²) in [6.07, 6.45) is 3.65. The fourth-order valence-electron chi connectivity index (χ4n) is 7.96. The van der Waals surface area contributed by atoms with Gasteiger partial charge in [0.05, 0.1) is 29.8 Å². The molecule has 14 nitrogen and oxygen atoms in total. The van der Waals surface area contributed by atoms with Crippen LogP contribution in [0, 0.1) is 23.7 Å². The van der Waals surface area contributed by atoms with Crippen molar-refractivity contribution in [2.45, 2.75) is 43.7 Å². The molecule has 6 N–H and O–H groups in total. The van der Waals surface area contributed by atoms with Crippen molar-refractivity contribution >= 4 is 46.3 Å². The van der Waals surface area contributed by atoms with E-state index in [2.05, 4.69) is 15.5 Å². The largest absolute Gasteiger partial charge is 0.505 e. The van der Waals surface area contributed by atoms with E-state index in [1.807, 2.05) is 0 Å². The maximum Gasteiger partial charge on any atom is 0.238 e. The number of hydrogen-bond acceptors (Lipinski definition) is 12. The monoisotopic (exact) mass is 640 g/mol. The molecule has 14 heteroatoms. The number of aliphatic hydroxyl groups is 1. The molecule has 3 aliphatic carbocycles. The number of nitrogens with two attached hydrogens (primary N) is 1. The van der Waals surface area contributed by atoms with E-state index in [9.17, 15) is 39.0 Å². The van der Waals surface area contributed by atoms with Gasteiger partial charge in [0.1, 0.15) is 5.75 Å². The number of fused-ring (bicyclic) bond motifs is 3. The normalized spacial score (nSPS) is 29.7. The number of amides is 2. The van der Waals surface area contributed by atoms with Gasteiger partial charge in [0, 0.05) is 38.8 Å². The van der Waals surface area contributed by atoms with E-state index in [0.717, 1.165) is 19.6 Å². The number of likely N-dealkylation sites (N-methyl/N-ethyl adjacent to an activating group) is 1. The van der Waals surface area contributed by atoms with Gasteiger partial charge >= 0.3 is 0 Å². The summed E-state index contributed by atoms with van der Waals surface area (Å²) in [5, 5.41) is 28.9. The standard InChI is InChI=1S/C32H44N6O8/c1-36(2)20-14-19(35-21(39)15-34-8-11-38-9-6-5-7-10-38)26(40)23-17(20)12-16-13-18-25(37(3)4)28(42)24(31(33)45)30(44)32(18,46)29(43)22(16)27(23)41/h14,16,18,22,24-25,34,40,46H,5-13,15H2,1-4H3,(H2,33,45)(H,35,39)/t16?,18?,22?,24?,25-,32-/m0/s1. The summed E-state index contributed by atoms with van der Waals surface area (Å²) in [5.41, 5.74) is 3.38. The number of rotatable bonds is 9. The van der Waals surface area contributed by atoms with E-state index in [4.69, 9.17) is 5.73 Å². The molecule has 46 heavy (non-hydrogen) atoms. The fraction of sp³-hybridized carbons (Fsp3) is 0.625. The van der Waals surface area contributed by atoms with Crippen molar-refractivity contribution in [1.29, 1.82) is 0 Å². The topological polar surface area (TPSA) is 203 Å². The lowest BCUT2D eigenvalue weighted by atomic mass is 9.52. The van der Waals surface area contributed by atoms with Gasteiger partial charge < -0.3 is 36.4 Å². The Morgan fingerprint density at radius 2 is 1.74 bits per heavy atom. The number of Topliss-reactive ketones (excluding diaryl/α,β-unsaturated/α-hetero) is 4. The third kappa shape index (κ3) is 5.61. The number of carbonyl (C=O) groups is 6. The van der Waals surface area contributed by atoms with E-state index in [1.165, 1.54) is 38.3 Å². The van der Waals surface area contributed by atoms with Gasteiger partial charge in [0.25, 0.3) is 0 Å². The first kappa shape index (κ1) is 33.6. The second kappa shape index (κ2) is 12.8. The summed E-state index contributed by atoms with van der Waals surface area (Å²) < 4.78 is 0. The number of phenolic OH excluding ortho intramolecular Hbond substituents is 1. The third-order valence-corrected chi connectivity index (χ3v) is 10.1. The van der Waals surface area contributed by atoms with Crippen molar-refractivity contribution in [1.82, 2.24) is 15.1 Å². The van der Waals surface area contributed by atoms with E-state index < -0.39 is 76.0 Å². The van der Waals surface area contributed by atoms with Crippen LogP contribution in [-0.2, 0) is 30.4 Å². The summed E-state index contributed by atoms with van der Waals surface area (Å²) in [7, 11) is 6.56. The van der Waals surface area contributed by atoms with Crippen molar-refractivity contribution in [2.24, 2.45) is 29.4 Å². The van der Waals surface area contributed by atoms with E-state index in [1.54, 1.807) is 25.1 Å². The van der Waals surface area contributed by atoms with Gasteiger partial charge in [-0.2, -0.15) is 0 Å². The van der Waals surface area contributed by atoms with Crippen LogP contribution in [0.2, 0.25) is 0 Å². The molecule has 3 fully saturated rings.